The van der Waals surface area contributed by atoms with Crippen LogP contribution in [0.4, 0.5) is 0 Å². The van der Waals surface area contributed by atoms with Gasteiger partial charge in [-0.1, -0.05) is 85.1 Å². The van der Waals surface area contributed by atoms with E-state index in [4.69, 9.17) is 0 Å². The van der Waals surface area contributed by atoms with Crippen LogP contribution in [0.5, 0.6) is 0 Å². The maximum atomic E-state index is 2.63. The summed E-state index contributed by atoms with van der Waals surface area (Å²) < 4.78 is 2.63. The number of unbranched alkanes of at least 4 members (excludes halogenated alkanes) is 5. The Balaban J connectivity index is -0.000000238. The third-order valence-electron chi connectivity index (χ3n) is 3.29. The zero-order valence-corrected chi connectivity index (χ0v) is 18.0. The van der Waals surface area contributed by atoms with Gasteiger partial charge in [0.25, 0.3) is 0 Å². The molecule has 0 fully saturated rings. The summed E-state index contributed by atoms with van der Waals surface area (Å²) >= 11 is 0. The van der Waals surface area contributed by atoms with Crippen LogP contribution >= 0.6 is 17.0 Å². The number of hydrogen-bond acceptors (Lipinski definition) is 1. The van der Waals surface area contributed by atoms with Gasteiger partial charge in [-0.15, -0.1) is 17.0 Å². The van der Waals surface area contributed by atoms with E-state index in [1.165, 1.54) is 38.5 Å². The van der Waals surface area contributed by atoms with Crippen LogP contribution in [0.1, 0.15) is 52.4 Å². The van der Waals surface area contributed by atoms with Crippen molar-refractivity contribution in [1.29, 1.82) is 0 Å². The van der Waals surface area contributed by atoms with E-state index in [1.807, 2.05) is 0 Å². The molecule has 0 heterocycles. The van der Waals surface area contributed by atoms with E-state index in [-0.39, 0.29) is 17.0 Å². The molecule has 0 N–H and O–H groups in total. The van der Waals surface area contributed by atoms with Crippen molar-refractivity contribution in [2.45, 2.75) is 85.1 Å². The summed E-state index contributed by atoms with van der Waals surface area (Å²) in [7, 11) is 0.858. The van der Waals surface area contributed by atoms with Crippen molar-refractivity contribution >= 4 is 34.2 Å². The average molecular weight is 357 g/mol. The van der Waals surface area contributed by atoms with Gasteiger partial charge in [0, 0.05) is 0 Å². The molecule has 114 valence electrons. The van der Waals surface area contributed by atoms with Crippen LogP contribution < -0.4 is 0 Å². The summed E-state index contributed by atoms with van der Waals surface area (Å²) in [6.07, 6.45) is 8.49. The second-order valence-corrected chi connectivity index (χ2v) is 14.8. The molecule has 0 bridgehead atoms. The first-order valence-corrected chi connectivity index (χ1v) is 13.8. The van der Waals surface area contributed by atoms with Crippen LogP contribution in [0.2, 0.25) is 32.7 Å². The predicted octanol–water partition coefficient (Wildman–Crippen LogP) is 5.68. The minimum absolute atomic E-state index is 0. The Morgan fingerprint density at radius 3 is 1.28 bits per heavy atom. The van der Waals surface area contributed by atoms with Crippen LogP contribution in [-0.2, 0) is 0 Å². The van der Waals surface area contributed by atoms with Gasteiger partial charge in [0.15, 0.2) is 0 Å². The fourth-order valence-electron chi connectivity index (χ4n) is 1.63. The molecule has 0 aromatic heterocycles. The van der Waals surface area contributed by atoms with Gasteiger partial charge in [-0.05, 0) is 7.05 Å². The smallest absolute Gasteiger partial charge is 0.111 e. The summed E-state index contributed by atoms with van der Waals surface area (Å²) in [6.45, 7) is 16.5. The van der Waals surface area contributed by atoms with E-state index in [2.05, 4.69) is 57.9 Å². The molecule has 0 rings (SSSR count). The van der Waals surface area contributed by atoms with Crippen molar-refractivity contribution in [1.82, 2.24) is 4.23 Å². The second kappa shape index (κ2) is 14.3. The minimum Gasteiger partial charge on any atom is -0.351 e. The van der Waals surface area contributed by atoms with Gasteiger partial charge in [0.2, 0.25) is 0 Å². The first-order chi connectivity index (χ1) is 7.77. The average Bonchev–Trinajstić information content (AvgIpc) is 2.23. The van der Waals surface area contributed by atoms with Crippen molar-refractivity contribution in [3.05, 3.63) is 0 Å². The van der Waals surface area contributed by atoms with Crippen LogP contribution in [0.25, 0.3) is 0 Å². The molecule has 0 unspecified atom stereocenters. The van der Waals surface area contributed by atoms with E-state index in [0.717, 1.165) is 0 Å². The largest absolute Gasteiger partial charge is 0.351 e. The molecule has 0 saturated carbocycles. The van der Waals surface area contributed by atoms with Gasteiger partial charge in [0.1, 0.15) is 8.24 Å². The standard InChI is InChI=1S/C8H18.C6H19NSi2.BrH/c1-3-5-7-8-6-4-2;1-7(8(2)3)9(4,5)6;/h3-8H2,1-2H3;8H,1-6H3;1H. The van der Waals surface area contributed by atoms with E-state index < -0.39 is 17.2 Å². The van der Waals surface area contributed by atoms with E-state index in [0.29, 0.717) is 0 Å². The highest BCUT2D eigenvalue weighted by Crippen LogP contribution is 2.07. The van der Waals surface area contributed by atoms with Gasteiger partial charge in [-0.2, -0.15) is 0 Å². The molecule has 0 aliphatic heterocycles. The van der Waals surface area contributed by atoms with Crippen LogP contribution in [0.15, 0.2) is 0 Å². The van der Waals surface area contributed by atoms with E-state index in [9.17, 15) is 0 Å². The molecule has 1 nitrogen and oxygen atoms in total. The molecule has 0 aliphatic carbocycles. The number of hydrogen-bond donors (Lipinski definition) is 0. The Morgan fingerprint density at radius 1 is 0.833 bits per heavy atom. The molecule has 0 atom stereocenters. The highest BCUT2D eigenvalue weighted by molar-refractivity contribution is 8.93. The molecule has 0 saturated heterocycles. The fraction of sp³-hybridized carbons (Fsp3) is 1.00. The summed E-state index contributed by atoms with van der Waals surface area (Å²) in [5.74, 6) is 0. The lowest BCUT2D eigenvalue weighted by Crippen LogP contribution is -2.49. The van der Waals surface area contributed by atoms with Crippen molar-refractivity contribution in [2.75, 3.05) is 7.05 Å². The molecule has 0 aromatic carbocycles. The Labute approximate surface area is 130 Å². The van der Waals surface area contributed by atoms with Gasteiger partial charge in [-0.25, -0.2) is 0 Å². The lowest BCUT2D eigenvalue weighted by atomic mass is 10.1. The van der Waals surface area contributed by atoms with Crippen LogP contribution in [-0.4, -0.2) is 28.5 Å². The summed E-state index contributed by atoms with van der Waals surface area (Å²) in [5, 5.41) is 0. The maximum Gasteiger partial charge on any atom is 0.111 e. The fourth-order valence-corrected chi connectivity index (χ4v) is 7.82. The summed E-state index contributed by atoms with van der Waals surface area (Å²) in [5.41, 5.74) is 0. The molecule has 0 aromatic rings. The highest BCUT2D eigenvalue weighted by atomic mass is 79.9. The highest BCUT2D eigenvalue weighted by Gasteiger charge is 2.21. The van der Waals surface area contributed by atoms with Crippen molar-refractivity contribution < 1.29 is 0 Å². The van der Waals surface area contributed by atoms with Gasteiger partial charge >= 0.3 is 0 Å². The lowest BCUT2D eigenvalue weighted by Gasteiger charge is -2.33. The van der Waals surface area contributed by atoms with Crippen molar-refractivity contribution in [3.8, 4) is 0 Å². The SMILES string of the molecule is Br.CCCCCCCC.CN([SiH](C)C)[Si](C)(C)C. The quantitative estimate of drug-likeness (QED) is 0.419. The Kier molecular flexibility index (Phi) is 19.0. The third kappa shape index (κ3) is 16.9. The molecule has 0 radical (unpaired) electrons. The first-order valence-electron chi connectivity index (χ1n) is 7.50. The molecule has 0 spiro atoms. The number of halogens is 1. The monoisotopic (exact) mass is 355 g/mol. The summed E-state index contributed by atoms with van der Waals surface area (Å²) in [4.78, 5) is 0. The summed E-state index contributed by atoms with van der Waals surface area (Å²) in [6, 6.07) is 0. The Bertz CT molecular complexity index is 152. The molecule has 4 heteroatoms. The number of nitrogens with zero attached hydrogens (tertiary/aromatic N) is 1. The van der Waals surface area contributed by atoms with Gasteiger partial charge < -0.3 is 4.23 Å². The minimum atomic E-state index is -0.929. The van der Waals surface area contributed by atoms with E-state index >= 15 is 0 Å². The van der Waals surface area contributed by atoms with Crippen LogP contribution in [0, 0.1) is 0 Å². The Morgan fingerprint density at radius 2 is 1.17 bits per heavy atom. The first kappa shape index (κ1) is 23.9. The lowest BCUT2D eigenvalue weighted by molar-refractivity contribution is 0.624. The topological polar surface area (TPSA) is 3.24 Å². The van der Waals surface area contributed by atoms with Crippen molar-refractivity contribution in [3.63, 3.8) is 0 Å². The van der Waals surface area contributed by atoms with Crippen molar-refractivity contribution in [2.24, 2.45) is 0 Å². The molecule has 0 amide bonds. The number of rotatable bonds is 7. The molecular weight excluding hydrogens is 318 g/mol. The van der Waals surface area contributed by atoms with E-state index in [1.54, 1.807) is 0 Å². The zero-order valence-electron chi connectivity index (χ0n) is 14.2. The molecule has 0 aliphatic rings. The third-order valence-corrected chi connectivity index (χ3v) is 10.8. The Hall–Kier alpha value is 0.874. The molecule has 18 heavy (non-hydrogen) atoms. The van der Waals surface area contributed by atoms with Gasteiger partial charge in [0.05, 0.1) is 8.96 Å². The van der Waals surface area contributed by atoms with Crippen LogP contribution in [0.3, 0.4) is 0 Å². The zero-order chi connectivity index (χ0) is 13.9. The van der Waals surface area contributed by atoms with Gasteiger partial charge in [-0.3, -0.25) is 0 Å². The molecular formula is C14H38BrNSi2. The predicted molar refractivity (Wildman–Crippen MR) is 99.4 cm³/mol. The normalized spacial score (nSPS) is 11.0. The second-order valence-electron chi connectivity index (χ2n) is 6.29. The maximum absolute atomic E-state index is 2.63.